The molecule has 0 saturated heterocycles. The zero-order valence-corrected chi connectivity index (χ0v) is 16.7. The smallest absolute Gasteiger partial charge is 0.238 e. The highest BCUT2D eigenvalue weighted by atomic mass is 32.2. The van der Waals surface area contributed by atoms with Crippen molar-refractivity contribution in [1.82, 2.24) is 15.8 Å². The molecular weight excluding hydrogens is 366 g/mol. The molecule has 2 rings (SSSR count). The van der Waals surface area contributed by atoms with Crippen molar-refractivity contribution in [2.24, 2.45) is 10.1 Å². The Kier molecular flexibility index (Phi) is 7.37. The standard InChI is InChI=1S/C18H27N5O3S/c1-4-20-18(22-12-15-11-17(13(2)3)23-26-15)21-10-9-14-5-7-16(8-6-14)27(19,24)25/h5-8,11,13H,4,9-10,12H2,1-3H3,(H2,19,24,25)(H2,20,21,22). The van der Waals surface area contributed by atoms with E-state index in [0.29, 0.717) is 25.0 Å². The monoisotopic (exact) mass is 393 g/mol. The third-order valence-electron chi connectivity index (χ3n) is 3.86. The molecule has 0 aliphatic carbocycles. The molecule has 0 amide bonds. The predicted molar refractivity (Wildman–Crippen MR) is 105 cm³/mol. The average Bonchev–Trinajstić information content (AvgIpc) is 3.09. The van der Waals surface area contributed by atoms with Crippen LogP contribution in [-0.4, -0.2) is 32.6 Å². The Morgan fingerprint density at radius 1 is 1.26 bits per heavy atom. The molecule has 0 fully saturated rings. The predicted octanol–water partition coefficient (Wildman–Crippen LogP) is 1.74. The van der Waals surface area contributed by atoms with Crippen LogP contribution >= 0.6 is 0 Å². The van der Waals surface area contributed by atoms with Gasteiger partial charge < -0.3 is 15.2 Å². The van der Waals surface area contributed by atoms with Gasteiger partial charge in [-0.25, -0.2) is 18.5 Å². The zero-order valence-electron chi connectivity index (χ0n) is 15.9. The first-order valence-electron chi connectivity index (χ1n) is 8.89. The number of rotatable bonds is 8. The van der Waals surface area contributed by atoms with E-state index < -0.39 is 10.0 Å². The van der Waals surface area contributed by atoms with Gasteiger partial charge in [0.1, 0.15) is 6.54 Å². The molecular formula is C18H27N5O3S. The fourth-order valence-electron chi connectivity index (χ4n) is 2.35. The van der Waals surface area contributed by atoms with Crippen LogP contribution in [-0.2, 0) is 23.0 Å². The van der Waals surface area contributed by atoms with Crippen molar-refractivity contribution < 1.29 is 12.9 Å². The third-order valence-corrected chi connectivity index (χ3v) is 4.79. The number of hydrogen-bond donors (Lipinski definition) is 3. The van der Waals surface area contributed by atoms with Crippen molar-refractivity contribution in [3.63, 3.8) is 0 Å². The van der Waals surface area contributed by atoms with Crippen molar-refractivity contribution in [3.8, 4) is 0 Å². The van der Waals surface area contributed by atoms with Crippen LogP contribution in [0, 0.1) is 0 Å². The number of aliphatic imine (C=N–C) groups is 1. The summed E-state index contributed by atoms with van der Waals surface area (Å²) in [4.78, 5) is 4.61. The van der Waals surface area contributed by atoms with Crippen molar-refractivity contribution in [2.45, 2.75) is 44.6 Å². The first-order chi connectivity index (χ1) is 12.8. The minimum atomic E-state index is -3.66. The second-order valence-electron chi connectivity index (χ2n) is 6.43. The van der Waals surface area contributed by atoms with Crippen LogP contribution in [0.4, 0.5) is 0 Å². The second-order valence-corrected chi connectivity index (χ2v) is 8.00. The van der Waals surface area contributed by atoms with Gasteiger partial charge in [0.15, 0.2) is 11.7 Å². The molecule has 0 aliphatic heterocycles. The van der Waals surface area contributed by atoms with E-state index in [2.05, 4.69) is 34.6 Å². The lowest BCUT2D eigenvalue weighted by atomic mass is 10.1. The van der Waals surface area contributed by atoms with E-state index in [9.17, 15) is 8.42 Å². The number of primary sulfonamides is 1. The number of hydrogen-bond acceptors (Lipinski definition) is 5. The van der Waals surface area contributed by atoms with Gasteiger partial charge in [0.25, 0.3) is 0 Å². The van der Waals surface area contributed by atoms with E-state index in [4.69, 9.17) is 9.66 Å². The Morgan fingerprint density at radius 2 is 1.96 bits per heavy atom. The fourth-order valence-corrected chi connectivity index (χ4v) is 2.86. The number of benzene rings is 1. The highest BCUT2D eigenvalue weighted by molar-refractivity contribution is 7.89. The molecule has 27 heavy (non-hydrogen) atoms. The Bertz CT molecular complexity index is 857. The lowest BCUT2D eigenvalue weighted by molar-refractivity contribution is 0.376. The molecule has 148 valence electrons. The molecule has 0 radical (unpaired) electrons. The highest BCUT2D eigenvalue weighted by Crippen LogP contribution is 2.14. The van der Waals surface area contributed by atoms with E-state index in [1.54, 1.807) is 12.1 Å². The summed E-state index contributed by atoms with van der Waals surface area (Å²) in [5.41, 5.74) is 1.92. The minimum absolute atomic E-state index is 0.113. The first kappa shape index (κ1) is 20.9. The Balaban J connectivity index is 1.89. The fraction of sp³-hybridized carbons (Fsp3) is 0.444. The van der Waals surface area contributed by atoms with Crippen LogP contribution in [0.3, 0.4) is 0 Å². The van der Waals surface area contributed by atoms with Gasteiger partial charge in [-0.05, 0) is 37.0 Å². The summed E-state index contributed by atoms with van der Waals surface area (Å²) >= 11 is 0. The van der Waals surface area contributed by atoms with Gasteiger partial charge in [-0.3, -0.25) is 0 Å². The Labute approximate surface area is 160 Å². The largest absolute Gasteiger partial charge is 0.359 e. The van der Waals surface area contributed by atoms with Gasteiger partial charge in [-0.15, -0.1) is 0 Å². The SMILES string of the molecule is CCNC(=NCc1cc(C(C)C)no1)NCCc1ccc(S(N)(=O)=O)cc1. The molecule has 4 N–H and O–H groups in total. The van der Waals surface area contributed by atoms with Crippen LogP contribution in [0.25, 0.3) is 0 Å². The van der Waals surface area contributed by atoms with Crippen LogP contribution in [0.15, 0.2) is 44.7 Å². The molecule has 0 saturated carbocycles. The summed E-state index contributed by atoms with van der Waals surface area (Å²) in [7, 11) is -3.66. The van der Waals surface area contributed by atoms with Gasteiger partial charge in [-0.2, -0.15) is 0 Å². The zero-order chi connectivity index (χ0) is 19.9. The van der Waals surface area contributed by atoms with E-state index in [-0.39, 0.29) is 4.90 Å². The molecule has 1 aromatic carbocycles. The van der Waals surface area contributed by atoms with Crippen molar-refractivity contribution >= 4 is 16.0 Å². The second kappa shape index (κ2) is 9.52. The van der Waals surface area contributed by atoms with Crippen molar-refractivity contribution in [1.29, 1.82) is 0 Å². The highest BCUT2D eigenvalue weighted by Gasteiger charge is 2.08. The third kappa shape index (κ3) is 6.69. The summed E-state index contributed by atoms with van der Waals surface area (Å²) in [6, 6.07) is 8.46. The van der Waals surface area contributed by atoms with E-state index in [0.717, 1.165) is 30.0 Å². The van der Waals surface area contributed by atoms with Gasteiger partial charge in [0.2, 0.25) is 10.0 Å². The van der Waals surface area contributed by atoms with Crippen molar-refractivity contribution in [2.75, 3.05) is 13.1 Å². The molecule has 2 aromatic rings. The van der Waals surface area contributed by atoms with Crippen LogP contribution in [0.2, 0.25) is 0 Å². The summed E-state index contributed by atoms with van der Waals surface area (Å²) in [6.45, 7) is 7.90. The van der Waals surface area contributed by atoms with E-state index in [1.807, 2.05) is 13.0 Å². The molecule has 1 aromatic heterocycles. The summed E-state index contributed by atoms with van der Waals surface area (Å²) in [5, 5.41) is 15.6. The summed E-state index contributed by atoms with van der Waals surface area (Å²) in [5.74, 6) is 1.72. The summed E-state index contributed by atoms with van der Waals surface area (Å²) < 4.78 is 27.8. The molecule has 0 atom stereocenters. The minimum Gasteiger partial charge on any atom is -0.359 e. The van der Waals surface area contributed by atoms with Crippen molar-refractivity contribution in [3.05, 3.63) is 47.3 Å². The number of nitrogens with one attached hydrogen (secondary N) is 2. The van der Waals surface area contributed by atoms with Gasteiger partial charge in [0, 0.05) is 19.2 Å². The van der Waals surface area contributed by atoms with Gasteiger partial charge >= 0.3 is 0 Å². The van der Waals surface area contributed by atoms with Crippen LogP contribution < -0.4 is 15.8 Å². The van der Waals surface area contributed by atoms with E-state index in [1.165, 1.54) is 12.1 Å². The number of aromatic nitrogens is 1. The quantitative estimate of drug-likeness (QED) is 0.464. The Hall–Kier alpha value is -2.39. The molecule has 0 bridgehead atoms. The Morgan fingerprint density at radius 3 is 2.52 bits per heavy atom. The molecule has 1 heterocycles. The van der Waals surface area contributed by atoms with Crippen LogP contribution in [0.5, 0.6) is 0 Å². The maximum Gasteiger partial charge on any atom is 0.238 e. The normalized spacial score (nSPS) is 12.4. The average molecular weight is 394 g/mol. The number of sulfonamides is 1. The van der Waals surface area contributed by atoms with Crippen LogP contribution in [0.1, 0.15) is 43.7 Å². The van der Waals surface area contributed by atoms with Gasteiger partial charge in [-0.1, -0.05) is 31.1 Å². The number of nitrogens with two attached hydrogens (primary N) is 1. The topological polar surface area (TPSA) is 123 Å². The number of guanidine groups is 1. The molecule has 8 nitrogen and oxygen atoms in total. The lowest BCUT2D eigenvalue weighted by Crippen LogP contribution is -2.38. The maximum atomic E-state index is 11.3. The van der Waals surface area contributed by atoms with Gasteiger partial charge in [0.05, 0.1) is 10.6 Å². The first-order valence-corrected chi connectivity index (χ1v) is 10.4. The molecule has 0 aliphatic rings. The molecule has 9 heteroatoms. The molecule has 0 spiro atoms. The lowest BCUT2D eigenvalue weighted by Gasteiger charge is -2.11. The summed E-state index contributed by atoms with van der Waals surface area (Å²) in [6.07, 6.45) is 0.717. The maximum absolute atomic E-state index is 11.3. The molecule has 0 unspecified atom stereocenters. The number of nitrogens with zero attached hydrogens (tertiary/aromatic N) is 2. The van der Waals surface area contributed by atoms with E-state index >= 15 is 0 Å².